The summed E-state index contributed by atoms with van der Waals surface area (Å²) in [5, 5.41) is 1.15. The van der Waals surface area contributed by atoms with Crippen LogP contribution in [0.15, 0.2) is 0 Å². The van der Waals surface area contributed by atoms with Gasteiger partial charge in [0.05, 0.1) is 0 Å². The van der Waals surface area contributed by atoms with Crippen molar-refractivity contribution in [3.63, 3.8) is 0 Å². The number of unbranched alkanes of at least 4 members (excludes halogenated alkanes) is 1. The summed E-state index contributed by atoms with van der Waals surface area (Å²) in [6.07, 6.45) is 0.181. The Bertz CT molecular complexity index is 215. The van der Waals surface area contributed by atoms with Crippen LogP contribution in [-0.4, -0.2) is 50.0 Å². The number of nitrogens with zero attached hydrogens (tertiary/aromatic N) is 2. The maximum atomic E-state index is 13.3. The van der Waals surface area contributed by atoms with Crippen LogP contribution in [0.4, 0.5) is 0 Å². The Morgan fingerprint density at radius 3 is 1.59 bits per heavy atom. The van der Waals surface area contributed by atoms with Gasteiger partial charge in [-0.1, -0.05) is 0 Å². The maximum absolute atomic E-state index is 13.3. The molecule has 0 radical (unpaired) electrons. The standard InChI is InChI=1S/C12H29N2OPSe/c1-6-11-12-17-16(15,13(7-2)8-3)14(9-4)10-5/h6-12H2,1-5H3. The van der Waals surface area contributed by atoms with Crippen molar-refractivity contribution in [3.05, 3.63) is 0 Å². The van der Waals surface area contributed by atoms with Gasteiger partial charge >= 0.3 is 114 Å². The van der Waals surface area contributed by atoms with Crippen LogP contribution in [0.2, 0.25) is 5.32 Å². The fourth-order valence-electron chi connectivity index (χ4n) is 1.83. The first-order valence-electron chi connectivity index (χ1n) is 6.85. The molecule has 0 spiro atoms. The van der Waals surface area contributed by atoms with Gasteiger partial charge in [0.25, 0.3) is 0 Å². The van der Waals surface area contributed by atoms with Gasteiger partial charge in [0.2, 0.25) is 0 Å². The zero-order chi connectivity index (χ0) is 13.3. The average Bonchev–Trinajstić information content (AvgIpc) is 2.32. The molecule has 3 nitrogen and oxygen atoms in total. The van der Waals surface area contributed by atoms with Crippen molar-refractivity contribution in [2.24, 2.45) is 0 Å². The van der Waals surface area contributed by atoms with Crippen LogP contribution in [0.3, 0.4) is 0 Å². The van der Waals surface area contributed by atoms with E-state index in [0.29, 0.717) is 0 Å². The fraction of sp³-hybridized carbons (Fsp3) is 1.00. The molecular formula is C12H29N2OPSe. The Labute approximate surface area is 114 Å². The third-order valence-corrected chi connectivity index (χ3v) is 12.8. The van der Waals surface area contributed by atoms with E-state index in [4.69, 9.17) is 0 Å². The third-order valence-electron chi connectivity index (χ3n) is 2.93. The Balaban J connectivity index is 4.84. The zero-order valence-electron chi connectivity index (χ0n) is 12.1. The second-order valence-corrected chi connectivity index (χ2v) is 11.8. The van der Waals surface area contributed by atoms with Gasteiger partial charge in [-0.2, -0.15) is 0 Å². The summed E-state index contributed by atoms with van der Waals surface area (Å²) >= 11 is 0.237. The molecule has 104 valence electrons. The van der Waals surface area contributed by atoms with E-state index in [1.165, 1.54) is 12.8 Å². The molecule has 0 aromatic rings. The predicted octanol–water partition coefficient (Wildman–Crippen LogP) is 3.70. The molecule has 0 aliphatic carbocycles. The van der Waals surface area contributed by atoms with Crippen molar-refractivity contribution in [1.82, 2.24) is 9.34 Å². The van der Waals surface area contributed by atoms with Crippen molar-refractivity contribution in [2.75, 3.05) is 26.2 Å². The van der Waals surface area contributed by atoms with E-state index in [1.54, 1.807) is 0 Å². The van der Waals surface area contributed by atoms with Crippen LogP contribution in [0.25, 0.3) is 0 Å². The molecule has 0 aromatic carbocycles. The van der Waals surface area contributed by atoms with Crippen LogP contribution in [0, 0.1) is 0 Å². The van der Waals surface area contributed by atoms with Crippen LogP contribution in [-0.2, 0) is 4.57 Å². The Morgan fingerprint density at radius 1 is 0.882 bits per heavy atom. The molecule has 0 amide bonds. The van der Waals surface area contributed by atoms with Crippen LogP contribution in [0.1, 0.15) is 47.5 Å². The molecular weight excluding hydrogens is 298 g/mol. The third kappa shape index (κ3) is 5.04. The fourth-order valence-corrected chi connectivity index (χ4v) is 12.2. The molecule has 0 atom stereocenters. The molecule has 0 aliphatic heterocycles. The van der Waals surface area contributed by atoms with E-state index < -0.39 is 6.13 Å². The number of rotatable bonds is 10. The quantitative estimate of drug-likeness (QED) is 0.347. The van der Waals surface area contributed by atoms with Gasteiger partial charge < -0.3 is 0 Å². The van der Waals surface area contributed by atoms with Gasteiger partial charge in [0.15, 0.2) is 0 Å². The monoisotopic (exact) mass is 328 g/mol. The van der Waals surface area contributed by atoms with E-state index >= 15 is 0 Å². The van der Waals surface area contributed by atoms with Crippen molar-refractivity contribution in [1.29, 1.82) is 0 Å². The van der Waals surface area contributed by atoms with Gasteiger partial charge in [-0.05, 0) is 0 Å². The molecule has 0 bridgehead atoms. The molecule has 5 heteroatoms. The summed E-state index contributed by atoms with van der Waals surface area (Å²) < 4.78 is 17.7. The first-order valence-corrected chi connectivity index (χ1v) is 11.9. The van der Waals surface area contributed by atoms with E-state index in [-0.39, 0.29) is 14.5 Å². The van der Waals surface area contributed by atoms with E-state index in [2.05, 4.69) is 44.0 Å². The van der Waals surface area contributed by atoms with E-state index in [9.17, 15) is 4.57 Å². The van der Waals surface area contributed by atoms with Gasteiger partial charge in [-0.15, -0.1) is 0 Å². The van der Waals surface area contributed by atoms with Gasteiger partial charge in [-0.3, -0.25) is 0 Å². The molecule has 0 unspecified atom stereocenters. The normalized spacial score (nSPS) is 12.6. The average molecular weight is 327 g/mol. The van der Waals surface area contributed by atoms with E-state index in [1.807, 2.05) is 0 Å². The van der Waals surface area contributed by atoms with Crippen LogP contribution >= 0.6 is 6.13 Å². The summed E-state index contributed by atoms with van der Waals surface area (Å²) in [4.78, 5) is 0. The second-order valence-electron chi connectivity index (χ2n) is 3.96. The minimum absolute atomic E-state index is 0.237. The molecule has 0 saturated carbocycles. The first-order chi connectivity index (χ1) is 8.10. The molecule has 0 N–H and O–H groups in total. The second kappa shape index (κ2) is 9.58. The Morgan fingerprint density at radius 2 is 1.29 bits per heavy atom. The molecule has 0 rings (SSSR count). The summed E-state index contributed by atoms with van der Waals surface area (Å²) in [5.41, 5.74) is 0. The minimum atomic E-state index is -2.24. The number of hydrogen-bond donors (Lipinski definition) is 0. The summed E-state index contributed by atoms with van der Waals surface area (Å²) in [6.45, 7) is 14.3. The topological polar surface area (TPSA) is 23.6 Å². The van der Waals surface area contributed by atoms with Crippen molar-refractivity contribution < 1.29 is 4.57 Å². The zero-order valence-corrected chi connectivity index (χ0v) is 14.7. The number of hydrogen-bond acceptors (Lipinski definition) is 1. The first kappa shape index (κ1) is 17.7. The summed E-state index contributed by atoms with van der Waals surface area (Å²) in [5.74, 6) is 0. The molecule has 0 aromatic heterocycles. The Hall–Kier alpha value is 0.669. The van der Waals surface area contributed by atoms with E-state index in [0.717, 1.165) is 31.5 Å². The van der Waals surface area contributed by atoms with Gasteiger partial charge in [0, 0.05) is 0 Å². The van der Waals surface area contributed by atoms with Crippen LogP contribution in [0.5, 0.6) is 0 Å². The predicted molar refractivity (Wildman–Crippen MR) is 78.9 cm³/mol. The summed E-state index contributed by atoms with van der Waals surface area (Å²) in [7, 11) is 0. The van der Waals surface area contributed by atoms with Crippen LogP contribution < -0.4 is 0 Å². The van der Waals surface area contributed by atoms with Gasteiger partial charge in [-0.25, -0.2) is 0 Å². The molecule has 0 saturated heterocycles. The van der Waals surface area contributed by atoms with Gasteiger partial charge in [0.1, 0.15) is 0 Å². The molecule has 0 heterocycles. The SMILES string of the molecule is CCCC[Se]P(=O)(N(CC)CC)N(CC)CC. The molecule has 17 heavy (non-hydrogen) atoms. The summed E-state index contributed by atoms with van der Waals surface area (Å²) in [6, 6.07) is 0. The molecule has 0 aliphatic rings. The van der Waals surface area contributed by atoms with Crippen molar-refractivity contribution in [2.45, 2.75) is 52.8 Å². The van der Waals surface area contributed by atoms with Crippen molar-refractivity contribution in [3.8, 4) is 0 Å². The molecule has 0 fully saturated rings. The Kier molecular flexibility index (Phi) is 9.96. The van der Waals surface area contributed by atoms with Crippen molar-refractivity contribution >= 4 is 20.6 Å².